The number of carboxylic acids is 1. The van der Waals surface area contributed by atoms with Crippen LogP contribution in [0.15, 0.2) is 72.8 Å². The zero-order valence-electron chi connectivity index (χ0n) is 31.9. The molecule has 0 unspecified atom stereocenters. The molecular weight excluding hydrogens is 811 g/mol. The second kappa shape index (κ2) is 23.1. The number of unbranched alkanes of at least 4 members (excludes halogenated alkanes) is 1. The molecule has 21 heteroatoms. The summed E-state index contributed by atoms with van der Waals surface area (Å²) in [5.74, 6) is -5.67. The molecule has 0 bridgehead atoms. The SMILES string of the molecule is CC(=O)N[C@@H](CS)C(=O)N[C@@H](Cc1ccc(O)cc1)C(=O)N[C@@H](CCCCN)C(=O)N[C@@H](Cc1ccc(OP(=O)(O)O)cc1)C(=O)N[C@@H](Cc1ccc(O)cc1)C(=O)O. The van der Waals surface area contributed by atoms with Crippen LogP contribution in [0.2, 0.25) is 0 Å². The molecule has 5 atom stereocenters. The first-order valence-corrected chi connectivity index (χ1v) is 20.5. The fourth-order valence-corrected chi connectivity index (χ4v) is 6.36. The number of phenolic OH excluding ortho intramolecular Hbond substituents is 2. The molecule has 19 nitrogen and oxygen atoms in total. The number of phenols is 2. The smallest absolute Gasteiger partial charge is 0.508 e. The fraction of sp³-hybridized carbons (Fsp3) is 0.368. The lowest BCUT2D eigenvalue weighted by Gasteiger charge is -2.27. The van der Waals surface area contributed by atoms with E-state index in [4.69, 9.17) is 15.5 Å². The minimum absolute atomic E-state index is 0.0150. The molecule has 5 amide bonds. The summed E-state index contributed by atoms with van der Waals surface area (Å²) in [6.07, 6.45) is 0.215. The zero-order valence-corrected chi connectivity index (χ0v) is 33.7. The number of aliphatic carboxylic acids is 1. The molecule has 320 valence electrons. The lowest BCUT2D eigenvalue weighted by Crippen LogP contribution is -2.59. The summed E-state index contributed by atoms with van der Waals surface area (Å²) in [7, 11) is -4.89. The van der Waals surface area contributed by atoms with E-state index in [9.17, 15) is 48.7 Å². The normalized spacial score (nSPS) is 13.7. The molecule has 59 heavy (non-hydrogen) atoms. The number of thiol groups is 1. The summed E-state index contributed by atoms with van der Waals surface area (Å²) in [5.41, 5.74) is 7.03. The van der Waals surface area contributed by atoms with E-state index >= 15 is 0 Å². The van der Waals surface area contributed by atoms with E-state index in [-0.39, 0.29) is 55.2 Å². The molecule has 3 aromatic carbocycles. The second-order valence-corrected chi connectivity index (χ2v) is 15.0. The lowest BCUT2D eigenvalue weighted by molar-refractivity contribution is -0.142. The van der Waals surface area contributed by atoms with Gasteiger partial charge in [-0.05, 0) is 78.9 Å². The first kappa shape index (κ1) is 47.7. The van der Waals surface area contributed by atoms with Gasteiger partial charge in [-0.2, -0.15) is 12.6 Å². The molecule has 0 aliphatic heterocycles. The first-order valence-electron chi connectivity index (χ1n) is 18.3. The Balaban J connectivity index is 1.94. The summed E-state index contributed by atoms with van der Waals surface area (Å²) < 4.78 is 15.9. The molecule has 0 saturated carbocycles. The van der Waals surface area contributed by atoms with Gasteiger partial charge < -0.3 is 52.2 Å². The van der Waals surface area contributed by atoms with Crippen LogP contribution < -0.4 is 36.8 Å². The summed E-state index contributed by atoms with van der Waals surface area (Å²) >= 11 is 4.13. The Hall–Kier alpha value is -5.66. The summed E-state index contributed by atoms with van der Waals surface area (Å²) in [6, 6.07) is 9.91. The first-order chi connectivity index (χ1) is 27.9. The summed E-state index contributed by atoms with van der Waals surface area (Å²) in [5, 5.41) is 42.1. The summed E-state index contributed by atoms with van der Waals surface area (Å²) in [4.78, 5) is 97.5. The predicted molar refractivity (Wildman–Crippen MR) is 216 cm³/mol. The minimum Gasteiger partial charge on any atom is -0.508 e. The molecule has 0 heterocycles. The van der Waals surface area contributed by atoms with Gasteiger partial charge in [-0.15, -0.1) is 0 Å². The van der Waals surface area contributed by atoms with Crippen LogP contribution >= 0.6 is 20.5 Å². The van der Waals surface area contributed by atoms with Gasteiger partial charge in [-0.1, -0.05) is 36.4 Å². The maximum Gasteiger partial charge on any atom is 0.524 e. The number of hydrogen-bond acceptors (Lipinski definition) is 12. The maximum absolute atomic E-state index is 14.1. The lowest BCUT2D eigenvalue weighted by atomic mass is 10.0. The highest BCUT2D eigenvalue weighted by molar-refractivity contribution is 7.80. The minimum atomic E-state index is -4.89. The third kappa shape index (κ3) is 17.0. The Labute approximate surface area is 345 Å². The van der Waals surface area contributed by atoms with Gasteiger partial charge in [0.25, 0.3) is 0 Å². The average molecular weight is 861 g/mol. The molecule has 3 aromatic rings. The van der Waals surface area contributed by atoms with Crippen LogP contribution in [0, 0.1) is 0 Å². The van der Waals surface area contributed by atoms with Crippen molar-refractivity contribution in [1.82, 2.24) is 26.6 Å². The standard InChI is InChI=1S/C38H49N6O13PS/c1-22(45)40-33(21-59)37(51)43-30(18-23-5-11-26(46)12-6-23)35(49)41-29(4-2-3-17-39)34(48)42-31(19-25-9-15-28(16-10-25)57-58(54,55)56)36(50)44-32(38(52)53)20-24-7-13-27(47)14-8-24/h5-16,29-33,46-47,59H,2-4,17-21,39H2,1H3,(H,40,45)(H,41,49)(H,42,48)(H,43,51)(H,44,50)(H,52,53)(H2,54,55,56)/t29-,30-,31-,32-,33-/m0/s1. The van der Waals surface area contributed by atoms with Crippen molar-refractivity contribution in [2.24, 2.45) is 5.73 Å². The molecule has 0 spiro atoms. The molecule has 0 saturated heterocycles. The third-order valence-electron chi connectivity index (χ3n) is 8.68. The number of hydrogen-bond donors (Lipinski definition) is 12. The van der Waals surface area contributed by atoms with Crippen molar-refractivity contribution in [1.29, 1.82) is 0 Å². The van der Waals surface area contributed by atoms with Gasteiger partial charge in [0.05, 0.1) is 0 Å². The average Bonchev–Trinajstić information content (AvgIpc) is 3.17. The van der Waals surface area contributed by atoms with Crippen molar-refractivity contribution in [3.05, 3.63) is 89.5 Å². The number of nitrogens with two attached hydrogens (primary N) is 1. The van der Waals surface area contributed by atoms with E-state index in [1.807, 2.05) is 0 Å². The number of amides is 5. The maximum atomic E-state index is 14.1. The number of benzene rings is 3. The molecule has 3 rings (SSSR count). The molecular formula is C38H49N6O13PS. The Morgan fingerprint density at radius 2 is 1.02 bits per heavy atom. The number of carboxylic acid groups (broad SMARTS) is 1. The van der Waals surface area contributed by atoms with E-state index in [0.717, 1.165) is 0 Å². The quantitative estimate of drug-likeness (QED) is 0.0344. The number of phosphoric acid groups is 1. The van der Waals surface area contributed by atoms with Crippen molar-refractivity contribution in [3.8, 4) is 17.2 Å². The molecule has 0 aliphatic carbocycles. The highest BCUT2D eigenvalue weighted by Crippen LogP contribution is 2.37. The highest BCUT2D eigenvalue weighted by Gasteiger charge is 2.33. The van der Waals surface area contributed by atoms with E-state index in [0.29, 0.717) is 29.5 Å². The predicted octanol–water partition coefficient (Wildman–Crippen LogP) is 0.185. The number of rotatable bonds is 23. The Kier molecular flexibility index (Phi) is 18.7. The molecule has 0 aliphatic rings. The van der Waals surface area contributed by atoms with Gasteiger partial charge in [-0.25, -0.2) is 9.36 Å². The van der Waals surface area contributed by atoms with Crippen LogP contribution in [0.3, 0.4) is 0 Å². The van der Waals surface area contributed by atoms with Crippen molar-refractivity contribution in [3.63, 3.8) is 0 Å². The third-order valence-corrected chi connectivity index (χ3v) is 9.49. The Morgan fingerprint density at radius 3 is 1.42 bits per heavy atom. The van der Waals surface area contributed by atoms with Crippen LogP contribution in [-0.2, 0) is 52.6 Å². The van der Waals surface area contributed by atoms with E-state index in [1.165, 1.54) is 79.7 Å². The largest absolute Gasteiger partial charge is 0.524 e. The van der Waals surface area contributed by atoms with Gasteiger partial charge in [0.1, 0.15) is 47.5 Å². The molecule has 0 aromatic heterocycles. The van der Waals surface area contributed by atoms with E-state index in [1.54, 1.807) is 0 Å². The van der Waals surface area contributed by atoms with E-state index < -0.39 is 73.5 Å². The van der Waals surface area contributed by atoms with Crippen molar-refractivity contribution in [2.75, 3.05) is 12.3 Å². The number of carbonyl (C=O) groups excluding carboxylic acids is 5. The van der Waals surface area contributed by atoms with Gasteiger partial charge in [0, 0.05) is 31.9 Å². The number of nitrogens with one attached hydrogen (secondary N) is 5. The molecule has 0 radical (unpaired) electrons. The summed E-state index contributed by atoms with van der Waals surface area (Å²) in [6.45, 7) is 1.45. The van der Waals surface area contributed by atoms with Crippen LogP contribution in [0.5, 0.6) is 17.2 Å². The van der Waals surface area contributed by atoms with Crippen molar-refractivity contribution in [2.45, 2.75) is 75.7 Å². The van der Waals surface area contributed by atoms with Gasteiger partial charge in [0.15, 0.2) is 0 Å². The second-order valence-electron chi connectivity index (χ2n) is 13.5. The number of carbonyl (C=O) groups is 6. The van der Waals surface area contributed by atoms with Crippen LogP contribution in [0.1, 0.15) is 42.9 Å². The topological polar surface area (TPSA) is 316 Å². The Bertz CT molecular complexity index is 1950. The fourth-order valence-electron chi connectivity index (χ4n) is 5.70. The molecule has 12 N–H and O–H groups in total. The zero-order chi connectivity index (χ0) is 43.7. The van der Waals surface area contributed by atoms with Crippen molar-refractivity contribution < 1.29 is 63.0 Å². The number of phosphoric ester groups is 1. The van der Waals surface area contributed by atoms with Gasteiger partial charge >= 0.3 is 13.8 Å². The van der Waals surface area contributed by atoms with Crippen LogP contribution in [0.4, 0.5) is 0 Å². The monoisotopic (exact) mass is 860 g/mol. The van der Waals surface area contributed by atoms with Crippen LogP contribution in [0.25, 0.3) is 0 Å². The van der Waals surface area contributed by atoms with Crippen molar-refractivity contribution >= 4 is 56.0 Å². The van der Waals surface area contributed by atoms with Gasteiger partial charge in [-0.3, -0.25) is 33.8 Å². The van der Waals surface area contributed by atoms with E-state index in [2.05, 4.69) is 43.7 Å². The van der Waals surface area contributed by atoms with Gasteiger partial charge in [0.2, 0.25) is 29.5 Å². The number of aromatic hydroxyl groups is 2. The Morgan fingerprint density at radius 1 is 0.627 bits per heavy atom. The highest BCUT2D eigenvalue weighted by atomic mass is 32.1. The molecule has 0 fully saturated rings. The van der Waals surface area contributed by atoms with Crippen LogP contribution in [-0.4, -0.2) is 103 Å².